The maximum Gasteiger partial charge on any atom is 0.337 e. The average Bonchev–Trinajstić information content (AvgIpc) is 2.68. The minimum atomic E-state index is -0.396. The summed E-state index contributed by atoms with van der Waals surface area (Å²) >= 11 is 6.03. The molecule has 0 spiro atoms. The van der Waals surface area contributed by atoms with Gasteiger partial charge in [0.15, 0.2) is 5.82 Å². The third kappa shape index (κ3) is 4.62. The van der Waals surface area contributed by atoms with Gasteiger partial charge in [-0.1, -0.05) is 11.6 Å². The van der Waals surface area contributed by atoms with E-state index in [4.69, 9.17) is 16.3 Å². The molecule has 0 unspecified atom stereocenters. The molecule has 2 aromatic carbocycles. The van der Waals surface area contributed by atoms with Gasteiger partial charge in [-0.2, -0.15) is 10.1 Å². The summed E-state index contributed by atoms with van der Waals surface area (Å²) in [5.41, 5.74) is 1.81. The van der Waals surface area contributed by atoms with Crippen LogP contribution in [0.25, 0.3) is 0 Å². The summed E-state index contributed by atoms with van der Waals surface area (Å²) in [5, 5.41) is 14.6. The number of aromatic nitrogens is 3. The topological polar surface area (TPSA) is 98.3 Å². The highest BCUT2D eigenvalue weighted by Crippen LogP contribution is 2.29. The van der Waals surface area contributed by atoms with Crippen molar-refractivity contribution >= 4 is 40.7 Å². The molecule has 1 aromatic heterocycles. The Morgan fingerprint density at radius 1 is 1.07 bits per heavy atom. The van der Waals surface area contributed by atoms with Crippen LogP contribution in [0.15, 0.2) is 48.7 Å². The molecule has 1 heterocycles. The number of ether oxygens (including phenoxy) is 2. The van der Waals surface area contributed by atoms with E-state index < -0.39 is 5.97 Å². The Kier molecular flexibility index (Phi) is 5.68. The molecule has 8 nitrogen and oxygen atoms in total. The van der Waals surface area contributed by atoms with E-state index in [2.05, 4.69) is 30.6 Å². The number of rotatable bonds is 6. The van der Waals surface area contributed by atoms with Crippen LogP contribution in [0.5, 0.6) is 5.75 Å². The van der Waals surface area contributed by atoms with Crippen molar-refractivity contribution in [3.63, 3.8) is 0 Å². The molecule has 0 bridgehead atoms. The number of nitrogens with one attached hydrogen (secondary N) is 2. The molecule has 0 amide bonds. The second-order valence-electron chi connectivity index (χ2n) is 5.33. The highest BCUT2D eigenvalue weighted by molar-refractivity contribution is 6.31. The molecular formula is C18H16ClN5O3. The summed E-state index contributed by atoms with van der Waals surface area (Å²) in [6, 6.07) is 11.9. The number of halogens is 1. The van der Waals surface area contributed by atoms with E-state index in [1.54, 1.807) is 49.6 Å². The molecule has 9 heteroatoms. The fourth-order valence-corrected chi connectivity index (χ4v) is 2.44. The zero-order chi connectivity index (χ0) is 19.2. The van der Waals surface area contributed by atoms with Crippen molar-refractivity contribution in [3.05, 3.63) is 59.2 Å². The molecular weight excluding hydrogens is 370 g/mol. The number of methoxy groups -OCH3 is 2. The average molecular weight is 386 g/mol. The Morgan fingerprint density at radius 3 is 2.56 bits per heavy atom. The third-order valence-corrected chi connectivity index (χ3v) is 3.78. The van der Waals surface area contributed by atoms with Crippen LogP contribution in [0.2, 0.25) is 5.02 Å². The predicted molar refractivity (Wildman–Crippen MR) is 102 cm³/mol. The summed E-state index contributed by atoms with van der Waals surface area (Å²) in [5.74, 6) is 0.943. The van der Waals surface area contributed by atoms with Gasteiger partial charge in [0.1, 0.15) is 5.75 Å². The summed E-state index contributed by atoms with van der Waals surface area (Å²) in [7, 11) is 2.90. The molecule has 27 heavy (non-hydrogen) atoms. The van der Waals surface area contributed by atoms with E-state index in [9.17, 15) is 4.79 Å². The van der Waals surface area contributed by atoms with Crippen molar-refractivity contribution in [1.82, 2.24) is 15.2 Å². The maximum atomic E-state index is 11.5. The molecule has 3 rings (SSSR count). The van der Waals surface area contributed by atoms with Gasteiger partial charge in [0, 0.05) is 10.7 Å². The highest BCUT2D eigenvalue weighted by Gasteiger charge is 2.08. The van der Waals surface area contributed by atoms with Gasteiger partial charge in [-0.15, -0.1) is 5.10 Å². The number of benzene rings is 2. The van der Waals surface area contributed by atoms with E-state index >= 15 is 0 Å². The van der Waals surface area contributed by atoms with Crippen LogP contribution in [0.3, 0.4) is 0 Å². The van der Waals surface area contributed by atoms with Gasteiger partial charge in [-0.05, 0) is 42.5 Å². The monoisotopic (exact) mass is 385 g/mol. The lowest BCUT2D eigenvalue weighted by Crippen LogP contribution is -2.04. The zero-order valence-electron chi connectivity index (χ0n) is 14.6. The van der Waals surface area contributed by atoms with Gasteiger partial charge in [-0.25, -0.2) is 4.79 Å². The molecule has 0 saturated heterocycles. The van der Waals surface area contributed by atoms with Crippen molar-refractivity contribution in [2.45, 2.75) is 0 Å². The minimum absolute atomic E-state index is 0.270. The summed E-state index contributed by atoms with van der Waals surface area (Å²) < 4.78 is 9.96. The quantitative estimate of drug-likeness (QED) is 0.618. The van der Waals surface area contributed by atoms with Crippen LogP contribution in [0, 0.1) is 0 Å². The number of carbonyl (C=O) groups is 1. The first-order valence-electron chi connectivity index (χ1n) is 7.84. The van der Waals surface area contributed by atoms with Crippen molar-refractivity contribution in [2.75, 3.05) is 24.9 Å². The summed E-state index contributed by atoms with van der Waals surface area (Å²) in [6.45, 7) is 0. The Hall–Kier alpha value is -3.39. The number of esters is 1. The van der Waals surface area contributed by atoms with Crippen LogP contribution in [-0.4, -0.2) is 35.4 Å². The fourth-order valence-electron chi connectivity index (χ4n) is 2.27. The lowest BCUT2D eigenvalue weighted by molar-refractivity contribution is 0.0601. The lowest BCUT2D eigenvalue weighted by Gasteiger charge is -2.11. The highest BCUT2D eigenvalue weighted by atomic mass is 35.5. The fraction of sp³-hybridized carbons (Fsp3) is 0.111. The first-order chi connectivity index (χ1) is 13.1. The van der Waals surface area contributed by atoms with Gasteiger partial charge >= 0.3 is 5.97 Å². The van der Waals surface area contributed by atoms with Crippen molar-refractivity contribution in [3.8, 4) is 5.75 Å². The third-order valence-electron chi connectivity index (χ3n) is 3.55. The predicted octanol–water partition coefficient (Wildman–Crippen LogP) is 3.81. The zero-order valence-corrected chi connectivity index (χ0v) is 15.3. The number of hydrogen-bond acceptors (Lipinski definition) is 8. The van der Waals surface area contributed by atoms with E-state index in [-0.39, 0.29) is 5.95 Å². The molecule has 3 aromatic rings. The van der Waals surface area contributed by atoms with Gasteiger partial charge in [0.2, 0.25) is 5.95 Å². The summed E-state index contributed by atoms with van der Waals surface area (Å²) in [6.07, 6.45) is 1.48. The van der Waals surface area contributed by atoms with Crippen LogP contribution < -0.4 is 15.4 Å². The SMILES string of the molecule is COC(=O)c1ccc(Nc2cnnc(Nc3cc(Cl)ccc3OC)n2)cc1. The smallest absolute Gasteiger partial charge is 0.337 e. The van der Waals surface area contributed by atoms with Gasteiger partial charge < -0.3 is 20.1 Å². The molecule has 2 N–H and O–H groups in total. The largest absolute Gasteiger partial charge is 0.495 e. The number of carbonyl (C=O) groups excluding carboxylic acids is 1. The van der Waals surface area contributed by atoms with Crippen molar-refractivity contribution in [1.29, 1.82) is 0 Å². The molecule has 0 fully saturated rings. The Labute approximate surface area is 160 Å². The molecule has 138 valence electrons. The molecule has 0 aliphatic rings. The van der Waals surface area contributed by atoms with E-state index in [0.717, 1.165) is 5.69 Å². The van der Waals surface area contributed by atoms with E-state index in [1.807, 2.05) is 0 Å². The molecule has 0 aliphatic carbocycles. The lowest BCUT2D eigenvalue weighted by atomic mass is 10.2. The number of hydrogen-bond donors (Lipinski definition) is 2. The first kappa shape index (κ1) is 18.4. The standard InChI is InChI=1S/C18H16ClN5O3/c1-26-15-8-5-12(19)9-14(15)22-18-23-16(10-20-24-18)21-13-6-3-11(4-7-13)17(25)27-2/h3-10H,1-2H3,(H2,21,22,23,24). The Morgan fingerprint density at radius 2 is 1.85 bits per heavy atom. The van der Waals surface area contributed by atoms with Crippen LogP contribution in [0.4, 0.5) is 23.1 Å². The molecule has 0 radical (unpaired) electrons. The number of anilines is 4. The van der Waals surface area contributed by atoms with Gasteiger partial charge in [-0.3, -0.25) is 0 Å². The van der Waals surface area contributed by atoms with Crippen LogP contribution >= 0.6 is 11.6 Å². The van der Waals surface area contributed by atoms with Crippen molar-refractivity contribution < 1.29 is 14.3 Å². The minimum Gasteiger partial charge on any atom is -0.495 e. The molecule has 0 atom stereocenters. The second kappa shape index (κ2) is 8.33. The molecule has 0 saturated carbocycles. The van der Waals surface area contributed by atoms with Gasteiger partial charge in [0.25, 0.3) is 0 Å². The molecule has 0 aliphatic heterocycles. The van der Waals surface area contributed by atoms with Crippen LogP contribution in [0.1, 0.15) is 10.4 Å². The maximum absolute atomic E-state index is 11.5. The Bertz CT molecular complexity index is 950. The van der Waals surface area contributed by atoms with E-state index in [0.29, 0.717) is 27.8 Å². The summed E-state index contributed by atoms with van der Waals surface area (Å²) in [4.78, 5) is 15.8. The van der Waals surface area contributed by atoms with Gasteiger partial charge in [0.05, 0.1) is 31.7 Å². The van der Waals surface area contributed by atoms with E-state index in [1.165, 1.54) is 13.3 Å². The van der Waals surface area contributed by atoms with Crippen LogP contribution in [-0.2, 0) is 4.74 Å². The Balaban J connectivity index is 1.76. The first-order valence-corrected chi connectivity index (χ1v) is 8.22. The normalized spacial score (nSPS) is 10.2. The van der Waals surface area contributed by atoms with Crippen molar-refractivity contribution in [2.24, 2.45) is 0 Å². The number of nitrogens with zero attached hydrogens (tertiary/aromatic N) is 3. The second-order valence-corrected chi connectivity index (χ2v) is 5.77.